The van der Waals surface area contributed by atoms with Gasteiger partial charge in [-0.15, -0.1) is 0 Å². The summed E-state index contributed by atoms with van der Waals surface area (Å²) in [6.07, 6.45) is 1.09. The number of hydrogen-bond acceptors (Lipinski definition) is 3. The highest BCUT2D eigenvalue weighted by Gasteiger charge is 2.21. The second kappa shape index (κ2) is 8.70. The third-order valence-electron chi connectivity index (χ3n) is 5.92. The first-order chi connectivity index (χ1) is 16.4. The Morgan fingerprint density at radius 3 is 2.62 bits per heavy atom. The fourth-order valence-corrected chi connectivity index (χ4v) is 4.08. The van der Waals surface area contributed by atoms with Crippen LogP contribution in [0.4, 0.5) is 8.78 Å². The Morgan fingerprint density at radius 1 is 1.09 bits per heavy atom. The number of aromatic amines is 1. The number of carbonyl (C=O) groups is 1. The van der Waals surface area contributed by atoms with Gasteiger partial charge in [-0.3, -0.25) is 4.79 Å². The first-order valence-electron chi connectivity index (χ1n) is 11.0. The van der Waals surface area contributed by atoms with Gasteiger partial charge in [0.15, 0.2) is 5.65 Å². The van der Waals surface area contributed by atoms with Crippen LogP contribution >= 0.6 is 0 Å². The predicted octanol–water partition coefficient (Wildman–Crippen LogP) is 5.40. The number of H-pyrrole nitrogens is 1. The summed E-state index contributed by atoms with van der Waals surface area (Å²) in [6.45, 7) is 4.37. The lowest BCUT2D eigenvalue weighted by atomic mass is 10.1. The monoisotopic (exact) mass is 459 g/mol. The van der Waals surface area contributed by atoms with Crippen LogP contribution in [0.5, 0.6) is 0 Å². The Morgan fingerprint density at radius 2 is 1.85 bits per heavy atom. The van der Waals surface area contributed by atoms with Crippen molar-refractivity contribution in [1.29, 1.82) is 0 Å². The number of fused-ring (bicyclic) bond motifs is 2. The van der Waals surface area contributed by atoms with Crippen LogP contribution in [-0.2, 0) is 6.42 Å². The van der Waals surface area contributed by atoms with Crippen LogP contribution in [0, 0.1) is 13.8 Å². The summed E-state index contributed by atoms with van der Waals surface area (Å²) in [5, 5.41) is 8.02. The lowest BCUT2D eigenvalue weighted by Gasteiger charge is -2.09. The number of benzene rings is 2. The SMILES string of the molecule is Cc1ccc(-c2cc(C(F)F)n3ncc(C(=O)NCCc4c[nH]c5ccc(C)cc45)c3n2)cc1. The van der Waals surface area contributed by atoms with Gasteiger partial charge in [0, 0.05) is 29.2 Å². The van der Waals surface area contributed by atoms with E-state index in [1.165, 1.54) is 12.3 Å². The van der Waals surface area contributed by atoms with Gasteiger partial charge in [0.1, 0.15) is 11.3 Å². The molecule has 8 heteroatoms. The zero-order chi connectivity index (χ0) is 23.8. The summed E-state index contributed by atoms with van der Waals surface area (Å²) in [5.41, 5.74) is 5.36. The lowest BCUT2D eigenvalue weighted by molar-refractivity contribution is 0.0955. The maximum Gasteiger partial charge on any atom is 0.280 e. The number of aryl methyl sites for hydroxylation is 2. The van der Waals surface area contributed by atoms with Crippen LogP contribution in [0.3, 0.4) is 0 Å². The Hall–Kier alpha value is -4.07. The minimum absolute atomic E-state index is 0.105. The van der Waals surface area contributed by atoms with E-state index in [0.29, 0.717) is 24.2 Å². The molecule has 5 aromatic rings. The summed E-state index contributed by atoms with van der Waals surface area (Å²) in [5.74, 6) is -0.403. The van der Waals surface area contributed by atoms with Crippen molar-refractivity contribution < 1.29 is 13.6 Å². The second-order valence-corrected chi connectivity index (χ2v) is 8.40. The molecule has 3 aromatic heterocycles. The van der Waals surface area contributed by atoms with Gasteiger partial charge in [0.2, 0.25) is 0 Å². The number of nitrogens with zero attached hydrogens (tertiary/aromatic N) is 3. The first-order valence-corrected chi connectivity index (χ1v) is 11.0. The van der Waals surface area contributed by atoms with Crippen molar-refractivity contribution >= 4 is 22.5 Å². The molecular weight excluding hydrogens is 436 g/mol. The number of halogens is 2. The molecule has 0 bridgehead atoms. The van der Waals surface area contributed by atoms with Gasteiger partial charge < -0.3 is 10.3 Å². The number of alkyl halides is 2. The zero-order valence-corrected chi connectivity index (χ0v) is 18.8. The molecule has 0 saturated heterocycles. The molecule has 0 aliphatic carbocycles. The average Bonchev–Trinajstić information content (AvgIpc) is 3.43. The number of carbonyl (C=O) groups excluding carboxylic acids is 1. The van der Waals surface area contributed by atoms with Crippen LogP contribution in [-0.4, -0.2) is 32.0 Å². The smallest absolute Gasteiger partial charge is 0.280 e. The summed E-state index contributed by atoms with van der Waals surface area (Å²) < 4.78 is 28.6. The minimum atomic E-state index is -2.77. The van der Waals surface area contributed by atoms with Crippen molar-refractivity contribution in [3.05, 3.63) is 88.9 Å². The van der Waals surface area contributed by atoms with E-state index in [1.807, 2.05) is 56.4 Å². The van der Waals surface area contributed by atoms with Crippen molar-refractivity contribution in [1.82, 2.24) is 24.9 Å². The molecule has 2 N–H and O–H groups in total. The molecule has 0 atom stereocenters. The molecular formula is C26H23F2N5O. The van der Waals surface area contributed by atoms with Crippen molar-refractivity contribution in [2.75, 3.05) is 6.54 Å². The van der Waals surface area contributed by atoms with E-state index in [0.717, 1.165) is 32.1 Å². The summed E-state index contributed by atoms with van der Waals surface area (Å²) in [7, 11) is 0. The fourth-order valence-electron chi connectivity index (χ4n) is 4.08. The highest BCUT2D eigenvalue weighted by molar-refractivity contribution is 6.00. The molecule has 0 radical (unpaired) electrons. The highest BCUT2D eigenvalue weighted by Crippen LogP contribution is 2.27. The quantitative estimate of drug-likeness (QED) is 0.357. The van der Waals surface area contributed by atoms with Crippen LogP contribution in [0.2, 0.25) is 0 Å². The van der Waals surface area contributed by atoms with Gasteiger partial charge in [-0.1, -0.05) is 41.5 Å². The van der Waals surface area contributed by atoms with Crippen molar-refractivity contribution in [3.63, 3.8) is 0 Å². The Bertz CT molecular complexity index is 1500. The zero-order valence-electron chi connectivity index (χ0n) is 18.8. The Labute approximate surface area is 194 Å². The number of hydrogen-bond donors (Lipinski definition) is 2. The lowest BCUT2D eigenvalue weighted by Crippen LogP contribution is -2.25. The number of nitrogens with one attached hydrogen (secondary N) is 2. The Kier molecular flexibility index (Phi) is 5.57. The largest absolute Gasteiger partial charge is 0.361 e. The van der Waals surface area contributed by atoms with Gasteiger partial charge >= 0.3 is 0 Å². The summed E-state index contributed by atoms with van der Waals surface area (Å²) >= 11 is 0. The maximum absolute atomic E-state index is 13.8. The maximum atomic E-state index is 13.8. The third-order valence-corrected chi connectivity index (χ3v) is 5.92. The van der Waals surface area contributed by atoms with E-state index in [9.17, 15) is 13.6 Å². The molecule has 6 nitrogen and oxygen atoms in total. The van der Waals surface area contributed by atoms with E-state index in [4.69, 9.17) is 0 Å². The van der Waals surface area contributed by atoms with Crippen molar-refractivity contribution in [2.24, 2.45) is 0 Å². The van der Waals surface area contributed by atoms with E-state index in [-0.39, 0.29) is 16.9 Å². The minimum Gasteiger partial charge on any atom is -0.361 e. The van der Waals surface area contributed by atoms with Crippen molar-refractivity contribution in [3.8, 4) is 11.3 Å². The number of rotatable bonds is 6. The molecule has 0 saturated carbocycles. The average molecular weight is 460 g/mol. The summed E-state index contributed by atoms with van der Waals surface area (Å²) in [4.78, 5) is 20.7. The number of aromatic nitrogens is 4. The van der Waals surface area contributed by atoms with E-state index in [2.05, 4.69) is 26.4 Å². The molecule has 0 aliphatic rings. The fraction of sp³-hybridized carbons (Fsp3) is 0.192. The van der Waals surface area contributed by atoms with Gasteiger partial charge in [0.05, 0.1) is 11.9 Å². The van der Waals surface area contributed by atoms with Crippen LogP contribution in [0.25, 0.3) is 27.8 Å². The second-order valence-electron chi connectivity index (χ2n) is 8.40. The van der Waals surface area contributed by atoms with Crippen LogP contribution in [0.1, 0.15) is 39.2 Å². The first kappa shape index (κ1) is 21.8. The normalized spacial score (nSPS) is 11.6. The molecule has 0 fully saturated rings. The third kappa shape index (κ3) is 4.03. The van der Waals surface area contributed by atoms with Crippen molar-refractivity contribution in [2.45, 2.75) is 26.7 Å². The predicted molar refractivity (Wildman–Crippen MR) is 127 cm³/mol. The molecule has 5 rings (SSSR count). The van der Waals surface area contributed by atoms with E-state index in [1.54, 1.807) is 0 Å². The molecule has 1 amide bonds. The van der Waals surface area contributed by atoms with E-state index >= 15 is 0 Å². The van der Waals surface area contributed by atoms with E-state index < -0.39 is 12.3 Å². The Balaban J connectivity index is 1.41. The van der Waals surface area contributed by atoms with Gasteiger partial charge in [-0.2, -0.15) is 5.10 Å². The molecule has 34 heavy (non-hydrogen) atoms. The standard InChI is InChI=1S/C26H23F2N5O/c1-15-3-6-17(7-4-15)22-12-23(24(27)28)33-25(32-22)20(14-31-33)26(34)29-10-9-18-13-30-21-8-5-16(2)11-19(18)21/h3-8,11-14,24,30H,9-10H2,1-2H3,(H,29,34). The van der Waals surface area contributed by atoms with Gasteiger partial charge in [-0.25, -0.2) is 18.3 Å². The molecule has 0 aliphatic heterocycles. The topological polar surface area (TPSA) is 75.1 Å². The highest BCUT2D eigenvalue weighted by atomic mass is 19.3. The van der Waals surface area contributed by atoms with Gasteiger partial charge in [0.25, 0.3) is 12.3 Å². The number of amides is 1. The van der Waals surface area contributed by atoms with Gasteiger partial charge in [-0.05, 0) is 44.0 Å². The molecule has 0 unspecified atom stereocenters. The molecule has 0 spiro atoms. The molecule has 2 aromatic carbocycles. The van der Waals surface area contributed by atoms with Crippen LogP contribution < -0.4 is 5.32 Å². The molecule has 172 valence electrons. The molecule has 3 heterocycles. The van der Waals surface area contributed by atoms with Crippen LogP contribution in [0.15, 0.2) is 60.9 Å². The summed E-state index contributed by atoms with van der Waals surface area (Å²) in [6, 6.07) is 14.9.